The second-order valence-corrected chi connectivity index (χ2v) is 9.36. The van der Waals surface area contributed by atoms with Gasteiger partial charge in [0.15, 0.2) is 0 Å². The van der Waals surface area contributed by atoms with Gasteiger partial charge in [0.25, 0.3) is 0 Å². The van der Waals surface area contributed by atoms with E-state index < -0.39 is 0 Å². The predicted octanol–water partition coefficient (Wildman–Crippen LogP) is 5.20. The maximum Gasteiger partial charge on any atom is 0.309 e. The Kier molecular flexibility index (Phi) is 8.04. The zero-order chi connectivity index (χ0) is 22.3. The normalized spacial score (nSPS) is 22.7. The number of hydrogen-bond donors (Lipinski definition) is 0. The van der Waals surface area contributed by atoms with Crippen molar-refractivity contribution >= 4 is 16.7 Å². The molecular weight excluding hydrogens is 402 g/mol. The van der Waals surface area contributed by atoms with Gasteiger partial charge in [-0.15, -0.1) is 0 Å². The number of rotatable bonds is 8. The van der Waals surface area contributed by atoms with Gasteiger partial charge >= 0.3 is 5.97 Å². The third-order valence-corrected chi connectivity index (χ3v) is 6.99. The number of methoxy groups -OCH3 is 1. The van der Waals surface area contributed by atoms with Crippen LogP contribution in [0.1, 0.15) is 51.0 Å². The Balaban J connectivity index is 1.30. The van der Waals surface area contributed by atoms with Crippen molar-refractivity contribution in [3.63, 3.8) is 0 Å². The fourth-order valence-electron chi connectivity index (χ4n) is 5.13. The first-order valence-electron chi connectivity index (χ1n) is 12.2. The summed E-state index contributed by atoms with van der Waals surface area (Å²) in [4.78, 5) is 14.4. The second kappa shape index (κ2) is 11.2. The van der Waals surface area contributed by atoms with Crippen LogP contribution in [0.4, 0.5) is 0 Å². The topological polar surface area (TPSA) is 48.0 Å². The zero-order valence-corrected chi connectivity index (χ0v) is 19.6. The van der Waals surface area contributed by atoms with E-state index in [9.17, 15) is 4.79 Å². The van der Waals surface area contributed by atoms with Crippen molar-refractivity contribution in [2.75, 3.05) is 33.4 Å². The molecule has 5 nitrogen and oxygen atoms in total. The minimum atomic E-state index is -0.0288. The van der Waals surface area contributed by atoms with Crippen LogP contribution in [0.25, 0.3) is 10.8 Å². The fraction of sp³-hybridized carbons (Fsp3) is 0.593. The van der Waals surface area contributed by atoms with Crippen molar-refractivity contribution < 1.29 is 19.0 Å². The molecular formula is C27H37NO4. The van der Waals surface area contributed by atoms with E-state index in [1.165, 1.54) is 29.2 Å². The standard InChI is InChI=1S/C27H37NO4/c1-3-31-27(29)22-12-14-28(15-13-22)18-21-4-7-24-17-26(11-8-23(24)16-21)32-25-9-5-20(6-10-25)19-30-2/h4,7-8,11,16-17,20,22,25H,3,5-6,9-10,12-15,18-19H2,1-2H3/t20-,25+. The van der Waals surface area contributed by atoms with Crippen LogP contribution >= 0.6 is 0 Å². The van der Waals surface area contributed by atoms with Crippen LogP contribution in [0.15, 0.2) is 36.4 Å². The molecule has 4 rings (SSSR count). The van der Waals surface area contributed by atoms with E-state index in [2.05, 4.69) is 41.3 Å². The highest BCUT2D eigenvalue weighted by molar-refractivity contribution is 5.84. The molecule has 1 heterocycles. The molecule has 0 radical (unpaired) electrons. The molecule has 5 heteroatoms. The number of benzene rings is 2. The third-order valence-electron chi connectivity index (χ3n) is 6.99. The van der Waals surface area contributed by atoms with Crippen LogP contribution in [-0.2, 0) is 20.8 Å². The monoisotopic (exact) mass is 439 g/mol. The molecule has 32 heavy (non-hydrogen) atoms. The summed E-state index contributed by atoms with van der Waals surface area (Å²) in [5.74, 6) is 1.70. The fourth-order valence-corrected chi connectivity index (χ4v) is 5.13. The maximum absolute atomic E-state index is 11.9. The number of hydrogen-bond acceptors (Lipinski definition) is 5. The number of carbonyl (C=O) groups excluding carboxylic acids is 1. The van der Waals surface area contributed by atoms with Crippen molar-refractivity contribution in [1.29, 1.82) is 0 Å². The largest absolute Gasteiger partial charge is 0.490 e. The Morgan fingerprint density at radius 1 is 0.969 bits per heavy atom. The van der Waals surface area contributed by atoms with Gasteiger partial charge in [0, 0.05) is 20.3 Å². The van der Waals surface area contributed by atoms with Gasteiger partial charge in [-0.3, -0.25) is 9.69 Å². The lowest BCUT2D eigenvalue weighted by atomic mass is 9.88. The van der Waals surface area contributed by atoms with Crippen LogP contribution in [-0.4, -0.2) is 50.4 Å². The molecule has 2 fully saturated rings. The second-order valence-electron chi connectivity index (χ2n) is 9.36. The molecule has 0 amide bonds. The summed E-state index contributed by atoms with van der Waals surface area (Å²) in [6.45, 7) is 6.03. The molecule has 1 saturated carbocycles. The van der Waals surface area contributed by atoms with E-state index in [0.29, 0.717) is 18.6 Å². The van der Waals surface area contributed by atoms with Gasteiger partial charge in [-0.2, -0.15) is 0 Å². The number of ether oxygens (including phenoxy) is 3. The van der Waals surface area contributed by atoms with Gasteiger partial charge in [-0.05, 0) is 99.0 Å². The van der Waals surface area contributed by atoms with Crippen LogP contribution in [0, 0.1) is 11.8 Å². The van der Waals surface area contributed by atoms with E-state index >= 15 is 0 Å². The highest BCUT2D eigenvalue weighted by Crippen LogP contribution is 2.30. The summed E-state index contributed by atoms with van der Waals surface area (Å²) in [5, 5.41) is 2.47. The summed E-state index contributed by atoms with van der Waals surface area (Å²) in [5.41, 5.74) is 1.32. The van der Waals surface area contributed by atoms with E-state index in [1.807, 2.05) is 6.92 Å². The van der Waals surface area contributed by atoms with Crippen molar-refractivity contribution in [3.05, 3.63) is 42.0 Å². The molecule has 0 N–H and O–H groups in total. The summed E-state index contributed by atoms with van der Waals surface area (Å²) >= 11 is 0. The molecule has 0 atom stereocenters. The van der Waals surface area contributed by atoms with Crippen molar-refractivity contribution in [1.82, 2.24) is 4.90 Å². The molecule has 2 aromatic carbocycles. The average Bonchev–Trinajstić information content (AvgIpc) is 2.81. The van der Waals surface area contributed by atoms with E-state index in [4.69, 9.17) is 14.2 Å². The molecule has 0 spiro atoms. The highest BCUT2D eigenvalue weighted by Gasteiger charge is 2.26. The van der Waals surface area contributed by atoms with Crippen LogP contribution in [0.2, 0.25) is 0 Å². The first-order valence-corrected chi connectivity index (χ1v) is 12.2. The number of esters is 1. The molecule has 0 aromatic heterocycles. The molecule has 0 unspecified atom stereocenters. The Hall–Kier alpha value is -2.11. The lowest BCUT2D eigenvalue weighted by Crippen LogP contribution is -2.36. The van der Waals surface area contributed by atoms with E-state index in [-0.39, 0.29) is 11.9 Å². The SMILES string of the molecule is CCOC(=O)C1CCN(Cc2ccc3cc(O[C@H]4CC[C@@H](COC)CC4)ccc3c2)CC1. The summed E-state index contributed by atoms with van der Waals surface area (Å²) in [7, 11) is 1.79. The Labute approximate surface area is 192 Å². The quantitative estimate of drug-likeness (QED) is 0.529. The van der Waals surface area contributed by atoms with Crippen molar-refractivity contribution in [2.45, 2.75) is 58.1 Å². The average molecular weight is 440 g/mol. The van der Waals surface area contributed by atoms with Gasteiger partial charge in [-0.25, -0.2) is 0 Å². The molecule has 2 aromatic rings. The predicted molar refractivity (Wildman–Crippen MR) is 127 cm³/mol. The van der Waals surface area contributed by atoms with Gasteiger partial charge in [-0.1, -0.05) is 18.2 Å². The lowest BCUT2D eigenvalue weighted by Gasteiger charge is -2.30. The first-order chi connectivity index (χ1) is 15.6. The molecule has 0 bridgehead atoms. The van der Waals surface area contributed by atoms with E-state index in [0.717, 1.165) is 57.7 Å². The van der Waals surface area contributed by atoms with Gasteiger partial charge < -0.3 is 14.2 Å². The van der Waals surface area contributed by atoms with Crippen LogP contribution in [0.3, 0.4) is 0 Å². The maximum atomic E-state index is 11.9. The van der Waals surface area contributed by atoms with Crippen molar-refractivity contribution in [2.24, 2.45) is 11.8 Å². The van der Waals surface area contributed by atoms with Crippen LogP contribution < -0.4 is 4.74 Å². The highest BCUT2D eigenvalue weighted by atomic mass is 16.5. The molecule has 1 aliphatic heterocycles. The molecule has 1 aliphatic carbocycles. The number of likely N-dealkylation sites (tertiary alicyclic amines) is 1. The number of carbonyl (C=O) groups is 1. The summed E-state index contributed by atoms with van der Waals surface area (Å²) in [6, 6.07) is 13.2. The Morgan fingerprint density at radius 2 is 1.69 bits per heavy atom. The molecule has 174 valence electrons. The number of fused-ring (bicyclic) bond motifs is 1. The number of piperidine rings is 1. The smallest absolute Gasteiger partial charge is 0.309 e. The third kappa shape index (κ3) is 6.02. The first kappa shape index (κ1) is 23.1. The molecule has 1 saturated heterocycles. The van der Waals surface area contributed by atoms with Gasteiger partial charge in [0.2, 0.25) is 0 Å². The number of nitrogens with zero attached hydrogens (tertiary/aromatic N) is 1. The van der Waals surface area contributed by atoms with Crippen molar-refractivity contribution in [3.8, 4) is 5.75 Å². The van der Waals surface area contributed by atoms with E-state index in [1.54, 1.807) is 7.11 Å². The summed E-state index contributed by atoms with van der Waals surface area (Å²) < 4.78 is 16.8. The Morgan fingerprint density at radius 3 is 2.41 bits per heavy atom. The van der Waals surface area contributed by atoms with Gasteiger partial charge in [0.05, 0.1) is 18.6 Å². The van der Waals surface area contributed by atoms with Crippen LogP contribution in [0.5, 0.6) is 5.75 Å². The Bertz CT molecular complexity index is 882. The minimum Gasteiger partial charge on any atom is -0.490 e. The molecule has 2 aliphatic rings. The summed E-state index contributed by atoms with van der Waals surface area (Å²) in [6.07, 6.45) is 6.69. The minimum absolute atomic E-state index is 0.0288. The zero-order valence-electron chi connectivity index (χ0n) is 19.6. The van der Waals surface area contributed by atoms with Gasteiger partial charge in [0.1, 0.15) is 5.75 Å². The lowest BCUT2D eigenvalue weighted by molar-refractivity contribution is -0.149.